The number of rotatable bonds is 9. The highest BCUT2D eigenvalue weighted by Crippen LogP contribution is 2.45. The van der Waals surface area contributed by atoms with Crippen molar-refractivity contribution >= 4 is 100 Å². The van der Waals surface area contributed by atoms with E-state index in [1.54, 1.807) is 0 Å². The Bertz CT molecular complexity index is 3880. The monoisotopic (exact) mass is 895 g/mol. The minimum absolute atomic E-state index is 0.894. The molecule has 2 nitrogen and oxygen atoms in total. The standard InChI is InChI=1S/C66H45NOSi/c1-5-19-46(20-6-1)56-31-17-32-61-62-44-43-59-60(66(62)68-65(56)61)33-18-34-64(59)67(49-37-35-47(36-38-49)63-45-48-21-13-14-28-55(48)57-29-15-16-30-58(57)63)50-39-41-54(42-40-50)69(51-22-7-2-8-23-51,52-24-9-3-10-25-52)53-26-11-4-12-27-53/h1-45H. The summed E-state index contributed by atoms with van der Waals surface area (Å²) in [5, 5.41) is 14.8. The van der Waals surface area contributed by atoms with E-state index in [0.29, 0.717) is 0 Å². The van der Waals surface area contributed by atoms with Crippen molar-refractivity contribution in [2.24, 2.45) is 0 Å². The number of benzene rings is 12. The van der Waals surface area contributed by atoms with Crippen LogP contribution in [0, 0.1) is 0 Å². The molecular weight excluding hydrogens is 851 g/mol. The van der Waals surface area contributed by atoms with Crippen molar-refractivity contribution in [2.45, 2.75) is 0 Å². The Hall–Kier alpha value is -8.76. The van der Waals surface area contributed by atoms with Crippen molar-refractivity contribution in [3.8, 4) is 22.3 Å². The van der Waals surface area contributed by atoms with Gasteiger partial charge in [0.05, 0.1) is 5.69 Å². The number of anilines is 3. The molecule has 1 heterocycles. The smallest absolute Gasteiger partial charge is 0.179 e. The molecule has 0 atom stereocenters. The quantitative estimate of drug-likeness (QED) is 0.0815. The molecule has 3 heteroatoms. The van der Waals surface area contributed by atoms with Crippen LogP contribution >= 0.6 is 0 Å². The van der Waals surface area contributed by atoms with Gasteiger partial charge in [-0.2, -0.15) is 0 Å². The summed E-state index contributed by atoms with van der Waals surface area (Å²) in [4.78, 5) is 2.43. The first kappa shape index (κ1) is 40.5. The lowest BCUT2D eigenvalue weighted by atomic mass is 9.93. The van der Waals surface area contributed by atoms with Crippen molar-refractivity contribution < 1.29 is 4.42 Å². The molecule has 0 aliphatic rings. The van der Waals surface area contributed by atoms with Crippen LogP contribution in [0.1, 0.15) is 0 Å². The zero-order valence-corrected chi connectivity index (χ0v) is 38.8. The van der Waals surface area contributed by atoms with Gasteiger partial charge in [0.25, 0.3) is 0 Å². The van der Waals surface area contributed by atoms with Crippen LogP contribution in [-0.2, 0) is 0 Å². The van der Waals surface area contributed by atoms with Crippen molar-refractivity contribution in [1.29, 1.82) is 0 Å². The molecule has 12 aromatic carbocycles. The van der Waals surface area contributed by atoms with Gasteiger partial charge < -0.3 is 9.32 Å². The van der Waals surface area contributed by atoms with Gasteiger partial charge in [0.2, 0.25) is 0 Å². The van der Waals surface area contributed by atoms with Gasteiger partial charge in [0.1, 0.15) is 11.2 Å². The Morgan fingerprint density at radius 2 is 0.725 bits per heavy atom. The van der Waals surface area contributed by atoms with Crippen LogP contribution in [-0.4, -0.2) is 8.07 Å². The van der Waals surface area contributed by atoms with E-state index in [1.807, 2.05) is 0 Å². The van der Waals surface area contributed by atoms with E-state index in [1.165, 1.54) is 53.4 Å². The number of para-hydroxylation sites is 1. The maximum Gasteiger partial charge on any atom is 0.179 e. The second kappa shape index (κ2) is 16.8. The molecule has 0 fully saturated rings. The van der Waals surface area contributed by atoms with Crippen LogP contribution in [0.2, 0.25) is 0 Å². The molecule has 0 saturated heterocycles. The van der Waals surface area contributed by atoms with E-state index in [0.717, 1.165) is 60.9 Å². The lowest BCUT2D eigenvalue weighted by molar-refractivity contribution is 0.674. The Morgan fingerprint density at radius 1 is 0.275 bits per heavy atom. The molecular formula is C66H45NOSi. The van der Waals surface area contributed by atoms with Crippen LogP contribution in [0.5, 0.6) is 0 Å². The Morgan fingerprint density at radius 3 is 1.36 bits per heavy atom. The highest BCUT2D eigenvalue weighted by molar-refractivity contribution is 7.19. The third kappa shape index (κ3) is 6.70. The van der Waals surface area contributed by atoms with E-state index in [2.05, 4.69) is 278 Å². The fourth-order valence-corrected chi connectivity index (χ4v) is 15.8. The minimum Gasteiger partial charge on any atom is -0.455 e. The molecule has 69 heavy (non-hydrogen) atoms. The number of hydrogen-bond donors (Lipinski definition) is 0. The molecule has 0 N–H and O–H groups in total. The topological polar surface area (TPSA) is 16.4 Å². The third-order valence-corrected chi connectivity index (χ3v) is 19.0. The van der Waals surface area contributed by atoms with E-state index in [4.69, 9.17) is 4.42 Å². The molecule has 0 saturated carbocycles. The molecule has 324 valence electrons. The summed E-state index contributed by atoms with van der Waals surface area (Å²) >= 11 is 0. The highest BCUT2D eigenvalue weighted by Gasteiger charge is 2.41. The number of furan rings is 1. The number of fused-ring (bicyclic) bond motifs is 8. The van der Waals surface area contributed by atoms with Crippen molar-refractivity contribution in [1.82, 2.24) is 0 Å². The molecule has 0 aliphatic heterocycles. The van der Waals surface area contributed by atoms with E-state index < -0.39 is 8.07 Å². The maximum atomic E-state index is 6.99. The van der Waals surface area contributed by atoms with Crippen molar-refractivity contribution in [2.75, 3.05) is 4.90 Å². The molecule has 0 amide bonds. The van der Waals surface area contributed by atoms with Crippen molar-refractivity contribution in [3.63, 3.8) is 0 Å². The van der Waals surface area contributed by atoms with Crippen LogP contribution in [0.25, 0.3) is 76.5 Å². The number of hydrogen-bond acceptors (Lipinski definition) is 2. The van der Waals surface area contributed by atoms with E-state index in [-0.39, 0.29) is 0 Å². The van der Waals surface area contributed by atoms with Gasteiger partial charge in [0, 0.05) is 38.5 Å². The second-order valence-corrected chi connectivity index (χ2v) is 21.7. The molecule has 13 aromatic rings. The predicted molar refractivity (Wildman–Crippen MR) is 295 cm³/mol. The average Bonchev–Trinajstić information content (AvgIpc) is 3.83. The first-order valence-electron chi connectivity index (χ1n) is 23.7. The lowest BCUT2D eigenvalue weighted by Crippen LogP contribution is -2.74. The van der Waals surface area contributed by atoms with Gasteiger partial charge >= 0.3 is 0 Å². The van der Waals surface area contributed by atoms with Gasteiger partial charge in [-0.15, -0.1) is 0 Å². The molecule has 0 bridgehead atoms. The first-order valence-corrected chi connectivity index (χ1v) is 25.7. The summed E-state index contributed by atoms with van der Waals surface area (Å²) in [6, 6.07) is 100. The molecule has 0 aliphatic carbocycles. The maximum absolute atomic E-state index is 6.99. The highest BCUT2D eigenvalue weighted by atomic mass is 28.3. The molecule has 1 aromatic heterocycles. The van der Waals surface area contributed by atoms with Gasteiger partial charge in [0.15, 0.2) is 8.07 Å². The molecule has 13 rings (SSSR count). The third-order valence-electron chi connectivity index (χ3n) is 14.2. The van der Waals surface area contributed by atoms with Gasteiger partial charge in [-0.3, -0.25) is 0 Å². The van der Waals surface area contributed by atoms with Crippen LogP contribution in [0.4, 0.5) is 17.1 Å². The Kier molecular flexibility index (Phi) is 9.88. The van der Waals surface area contributed by atoms with E-state index in [9.17, 15) is 0 Å². The van der Waals surface area contributed by atoms with Gasteiger partial charge in [-0.05, 0) is 101 Å². The zero-order chi connectivity index (χ0) is 45.7. The van der Waals surface area contributed by atoms with Crippen LogP contribution < -0.4 is 25.6 Å². The van der Waals surface area contributed by atoms with Crippen LogP contribution in [0.3, 0.4) is 0 Å². The fraction of sp³-hybridized carbons (Fsp3) is 0. The average molecular weight is 896 g/mol. The predicted octanol–water partition coefficient (Wildman–Crippen LogP) is 15.2. The number of nitrogens with zero attached hydrogens (tertiary/aromatic N) is 1. The lowest BCUT2D eigenvalue weighted by Gasteiger charge is -2.35. The summed E-state index contributed by atoms with van der Waals surface area (Å²) in [5.74, 6) is 0. The van der Waals surface area contributed by atoms with Gasteiger partial charge in [-0.25, -0.2) is 0 Å². The summed E-state index contributed by atoms with van der Waals surface area (Å²) < 4.78 is 6.99. The molecule has 0 radical (unpaired) electrons. The SMILES string of the molecule is c1ccc(-c2cccc3c2oc2c4cccc(N(c5ccc(-c6cc7ccccc7c7ccccc67)cc5)c5ccc([Si](c6ccccc6)(c6ccccc6)c6ccccc6)cc5)c4ccc32)cc1. The normalized spacial score (nSPS) is 11.8. The van der Waals surface area contributed by atoms with Crippen molar-refractivity contribution in [3.05, 3.63) is 273 Å². The largest absolute Gasteiger partial charge is 0.455 e. The molecule has 0 spiro atoms. The second-order valence-electron chi connectivity index (χ2n) is 17.9. The summed E-state index contributed by atoms with van der Waals surface area (Å²) in [6.07, 6.45) is 0. The van der Waals surface area contributed by atoms with Gasteiger partial charge in [-0.1, -0.05) is 231 Å². The fourth-order valence-electron chi connectivity index (χ4n) is 11.1. The summed E-state index contributed by atoms with van der Waals surface area (Å²) in [7, 11) is -2.75. The zero-order valence-electron chi connectivity index (χ0n) is 37.8. The Balaban J connectivity index is 1.01. The summed E-state index contributed by atoms with van der Waals surface area (Å²) in [6.45, 7) is 0. The molecule has 0 unspecified atom stereocenters. The van der Waals surface area contributed by atoms with Crippen LogP contribution in [0.15, 0.2) is 277 Å². The minimum atomic E-state index is -2.75. The summed E-state index contributed by atoms with van der Waals surface area (Å²) in [5.41, 5.74) is 9.65. The Labute approximate surface area is 402 Å². The van der Waals surface area contributed by atoms with E-state index >= 15 is 0 Å². The first-order chi connectivity index (χ1) is 34.2.